The third-order valence-electron chi connectivity index (χ3n) is 2.17. The van der Waals surface area contributed by atoms with E-state index in [0.717, 1.165) is 34.1 Å². The van der Waals surface area contributed by atoms with Crippen LogP contribution in [0, 0.1) is 11.6 Å². The highest BCUT2D eigenvalue weighted by molar-refractivity contribution is 9.10. The van der Waals surface area contributed by atoms with Crippen molar-refractivity contribution in [3.63, 3.8) is 0 Å². The molecule has 0 radical (unpaired) electrons. The van der Waals surface area contributed by atoms with E-state index in [-0.39, 0.29) is 10.6 Å². The third kappa shape index (κ3) is 3.20. The van der Waals surface area contributed by atoms with E-state index in [4.69, 9.17) is 5.73 Å². The summed E-state index contributed by atoms with van der Waals surface area (Å²) >= 11 is 4.33. The second-order valence-electron chi connectivity index (χ2n) is 3.57. The highest BCUT2D eigenvalue weighted by Crippen LogP contribution is 2.29. The standard InChI is InChI=1S/C12H9BrF2N2S/c13-7-1-2-9(17-5-7)6-18-12-10(14)3-8(16)4-11(12)15/h1-5H,6,16H2. The van der Waals surface area contributed by atoms with Gasteiger partial charge in [-0.1, -0.05) is 0 Å². The van der Waals surface area contributed by atoms with E-state index in [9.17, 15) is 8.78 Å². The Morgan fingerprint density at radius 1 is 1.22 bits per heavy atom. The molecule has 0 unspecified atom stereocenters. The molecular weight excluding hydrogens is 322 g/mol. The minimum atomic E-state index is -0.644. The van der Waals surface area contributed by atoms with Crippen LogP contribution in [-0.4, -0.2) is 4.98 Å². The Balaban J connectivity index is 2.13. The van der Waals surface area contributed by atoms with Gasteiger partial charge >= 0.3 is 0 Å². The zero-order valence-corrected chi connectivity index (χ0v) is 11.6. The molecule has 1 aromatic heterocycles. The van der Waals surface area contributed by atoms with Gasteiger partial charge in [0.25, 0.3) is 0 Å². The Kier molecular flexibility index (Phi) is 4.19. The second-order valence-corrected chi connectivity index (χ2v) is 5.47. The van der Waals surface area contributed by atoms with Gasteiger partial charge in [-0.2, -0.15) is 0 Å². The Labute approximate surface area is 116 Å². The van der Waals surface area contributed by atoms with E-state index in [0.29, 0.717) is 5.75 Å². The molecule has 0 saturated heterocycles. The fourth-order valence-electron chi connectivity index (χ4n) is 1.36. The maximum atomic E-state index is 13.5. The largest absolute Gasteiger partial charge is 0.399 e. The summed E-state index contributed by atoms with van der Waals surface area (Å²) in [6.07, 6.45) is 1.64. The monoisotopic (exact) mass is 330 g/mol. The summed E-state index contributed by atoms with van der Waals surface area (Å²) in [4.78, 5) is 4.10. The molecule has 0 aliphatic carbocycles. The number of pyridine rings is 1. The first-order chi connectivity index (χ1) is 8.56. The number of anilines is 1. The number of nitrogens with two attached hydrogens (primary N) is 1. The first-order valence-electron chi connectivity index (χ1n) is 5.04. The lowest BCUT2D eigenvalue weighted by atomic mass is 10.3. The summed E-state index contributed by atoms with van der Waals surface area (Å²) < 4.78 is 27.9. The van der Waals surface area contributed by atoms with E-state index >= 15 is 0 Å². The van der Waals surface area contributed by atoms with Gasteiger partial charge in [0.05, 0.1) is 10.6 Å². The minimum Gasteiger partial charge on any atom is -0.399 e. The highest BCUT2D eigenvalue weighted by atomic mass is 79.9. The smallest absolute Gasteiger partial charge is 0.141 e. The maximum Gasteiger partial charge on any atom is 0.141 e. The SMILES string of the molecule is Nc1cc(F)c(SCc2ccc(Br)cn2)c(F)c1. The lowest BCUT2D eigenvalue weighted by Gasteiger charge is -2.05. The van der Waals surface area contributed by atoms with Crippen LogP contribution in [0.2, 0.25) is 0 Å². The van der Waals surface area contributed by atoms with E-state index in [1.54, 1.807) is 12.3 Å². The number of aromatic nitrogens is 1. The lowest BCUT2D eigenvalue weighted by molar-refractivity contribution is 0.542. The van der Waals surface area contributed by atoms with Gasteiger partial charge in [-0.25, -0.2) is 8.78 Å². The van der Waals surface area contributed by atoms with Gasteiger partial charge in [0.2, 0.25) is 0 Å². The number of thioether (sulfide) groups is 1. The van der Waals surface area contributed by atoms with Crippen LogP contribution < -0.4 is 5.73 Å². The molecule has 0 amide bonds. The van der Waals surface area contributed by atoms with Gasteiger partial charge in [-0.05, 0) is 40.2 Å². The first-order valence-corrected chi connectivity index (χ1v) is 6.82. The highest BCUT2D eigenvalue weighted by Gasteiger charge is 2.11. The zero-order valence-electron chi connectivity index (χ0n) is 9.16. The second kappa shape index (κ2) is 5.67. The van der Waals surface area contributed by atoms with E-state index in [1.165, 1.54) is 0 Å². The van der Waals surface area contributed by atoms with Crippen molar-refractivity contribution < 1.29 is 8.78 Å². The third-order valence-corrected chi connectivity index (χ3v) is 3.76. The average molecular weight is 331 g/mol. The van der Waals surface area contributed by atoms with Gasteiger partial charge in [0.15, 0.2) is 0 Å². The van der Waals surface area contributed by atoms with Crippen molar-refractivity contribution in [1.82, 2.24) is 4.98 Å². The van der Waals surface area contributed by atoms with Crippen molar-refractivity contribution in [3.05, 3.63) is 52.3 Å². The zero-order chi connectivity index (χ0) is 13.1. The number of hydrogen-bond acceptors (Lipinski definition) is 3. The van der Waals surface area contributed by atoms with Crippen molar-refractivity contribution in [2.45, 2.75) is 10.6 Å². The number of hydrogen-bond donors (Lipinski definition) is 1. The van der Waals surface area contributed by atoms with Gasteiger partial charge in [-0.15, -0.1) is 11.8 Å². The molecule has 1 heterocycles. The summed E-state index contributed by atoms with van der Waals surface area (Å²) in [6.45, 7) is 0. The summed E-state index contributed by atoms with van der Waals surface area (Å²) in [5.74, 6) is -0.894. The van der Waals surface area contributed by atoms with Crippen LogP contribution in [0.3, 0.4) is 0 Å². The fraction of sp³-hybridized carbons (Fsp3) is 0.0833. The number of halogens is 3. The van der Waals surface area contributed by atoms with Gasteiger partial charge in [0, 0.05) is 22.1 Å². The molecule has 0 saturated carbocycles. The van der Waals surface area contributed by atoms with Crippen LogP contribution >= 0.6 is 27.7 Å². The molecule has 0 bridgehead atoms. The normalized spacial score (nSPS) is 10.6. The molecule has 2 aromatic rings. The molecule has 0 fully saturated rings. The molecule has 0 aliphatic rings. The van der Waals surface area contributed by atoms with Crippen molar-refractivity contribution >= 4 is 33.4 Å². The van der Waals surface area contributed by atoms with E-state index in [2.05, 4.69) is 20.9 Å². The quantitative estimate of drug-likeness (QED) is 0.683. The molecule has 1 aromatic carbocycles. The average Bonchev–Trinajstić information content (AvgIpc) is 2.30. The Morgan fingerprint density at radius 2 is 1.89 bits per heavy atom. The molecule has 94 valence electrons. The number of benzene rings is 1. The number of nitrogens with zero attached hydrogens (tertiary/aromatic N) is 1. The predicted octanol–water partition coefficient (Wildman–Crippen LogP) is 4.00. The summed E-state index contributed by atoms with van der Waals surface area (Å²) in [6, 6.07) is 5.85. The van der Waals surface area contributed by atoms with Crippen molar-refractivity contribution in [1.29, 1.82) is 0 Å². The summed E-state index contributed by atoms with van der Waals surface area (Å²) in [5.41, 5.74) is 6.17. The molecule has 2 rings (SSSR count). The molecular formula is C12H9BrF2N2S. The van der Waals surface area contributed by atoms with Crippen molar-refractivity contribution in [3.8, 4) is 0 Å². The molecule has 0 atom stereocenters. The lowest BCUT2D eigenvalue weighted by Crippen LogP contribution is -1.94. The van der Waals surface area contributed by atoms with Crippen LogP contribution in [-0.2, 0) is 5.75 Å². The van der Waals surface area contributed by atoms with E-state index < -0.39 is 11.6 Å². The first kappa shape index (κ1) is 13.3. The van der Waals surface area contributed by atoms with Crippen LogP contribution in [0.1, 0.15) is 5.69 Å². The molecule has 18 heavy (non-hydrogen) atoms. The van der Waals surface area contributed by atoms with Gasteiger partial charge in [0.1, 0.15) is 11.6 Å². The minimum absolute atomic E-state index is 0.0334. The summed E-state index contributed by atoms with van der Waals surface area (Å²) in [5, 5.41) is 0. The predicted molar refractivity (Wildman–Crippen MR) is 72.3 cm³/mol. The van der Waals surface area contributed by atoms with Crippen LogP contribution in [0.15, 0.2) is 39.8 Å². The van der Waals surface area contributed by atoms with E-state index in [1.807, 2.05) is 6.07 Å². The van der Waals surface area contributed by atoms with Gasteiger partial charge < -0.3 is 5.73 Å². The van der Waals surface area contributed by atoms with Crippen LogP contribution in [0.25, 0.3) is 0 Å². The Hall–Kier alpha value is -1.14. The number of nitrogen functional groups attached to an aromatic ring is 1. The fourth-order valence-corrected chi connectivity index (χ4v) is 2.45. The van der Waals surface area contributed by atoms with Crippen molar-refractivity contribution in [2.24, 2.45) is 0 Å². The Morgan fingerprint density at radius 3 is 2.44 bits per heavy atom. The molecule has 0 spiro atoms. The van der Waals surface area contributed by atoms with Gasteiger partial charge in [-0.3, -0.25) is 4.98 Å². The molecule has 0 aliphatic heterocycles. The van der Waals surface area contributed by atoms with Crippen molar-refractivity contribution in [2.75, 3.05) is 5.73 Å². The van der Waals surface area contributed by atoms with Crippen LogP contribution in [0.5, 0.6) is 0 Å². The molecule has 6 heteroatoms. The molecule has 2 N–H and O–H groups in total. The summed E-state index contributed by atoms with van der Waals surface area (Å²) in [7, 11) is 0. The maximum absolute atomic E-state index is 13.5. The Bertz CT molecular complexity index is 537. The number of rotatable bonds is 3. The topological polar surface area (TPSA) is 38.9 Å². The molecule has 2 nitrogen and oxygen atoms in total. The van der Waals surface area contributed by atoms with Crippen LogP contribution in [0.4, 0.5) is 14.5 Å².